The summed E-state index contributed by atoms with van der Waals surface area (Å²) in [6.45, 7) is 0. The van der Waals surface area contributed by atoms with Crippen molar-refractivity contribution in [2.75, 3.05) is 0 Å². The lowest BCUT2D eigenvalue weighted by atomic mass is 10.1. The number of benzene rings is 1. The third-order valence-corrected chi connectivity index (χ3v) is 2.49. The van der Waals surface area contributed by atoms with Crippen LogP contribution in [-0.2, 0) is 20.8 Å². The molecular formula is C13H15NO5. The predicted octanol–water partition coefficient (Wildman–Crippen LogP) is 0.663. The van der Waals surface area contributed by atoms with Gasteiger partial charge < -0.3 is 15.5 Å². The van der Waals surface area contributed by atoms with Crippen LogP contribution in [0.3, 0.4) is 0 Å². The Morgan fingerprint density at radius 3 is 2.26 bits per heavy atom. The summed E-state index contributed by atoms with van der Waals surface area (Å²) in [6.07, 6.45) is -0.370. The van der Waals surface area contributed by atoms with E-state index in [1.54, 1.807) is 24.3 Å². The van der Waals surface area contributed by atoms with Crippen LogP contribution in [0.15, 0.2) is 30.3 Å². The molecule has 0 bridgehead atoms. The van der Waals surface area contributed by atoms with Crippen molar-refractivity contribution in [3.05, 3.63) is 35.9 Å². The van der Waals surface area contributed by atoms with Crippen LogP contribution in [0.5, 0.6) is 0 Å². The predicted molar refractivity (Wildman–Crippen MR) is 66.6 cm³/mol. The van der Waals surface area contributed by atoms with Crippen molar-refractivity contribution in [3.8, 4) is 0 Å². The SMILES string of the molecule is O=C(O)CCC(NC(=O)Cc1ccccc1)C(=O)O. The Labute approximate surface area is 110 Å². The number of hydrogen-bond donors (Lipinski definition) is 3. The summed E-state index contributed by atoms with van der Waals surface area (Å²) >= 11 is 0. The standard InChI is InChI=1S/C13H15NO5/c15-11(8-9-4-2-1-3-5-9)14-10(13(18)19)6-7-12(16)17/h1-5,10H,6-8H2,(H,14,15)(H,16,17)(H,18,19). The number of amides is 1. The van der Waals surface area contributed by atoms with E-state index in [0.717, 1.165) is 5.56 Å². The van der Waals surface area contributed by atoms with Crippen molar-refractivity contribution in [2.45, 2.75) is 25.3 Å². The molecule has 1 atom stereocenters. The number of carboxylic acids is 2. The maximum absolute atomic E-state index is 11.7. The summed E-state index contributed by atoms with van der Waals surface area (Å²) in [6, 6.07) is 7.71. The minimum absolute atomic E-state index is 0.0672. The van der Waals surface area contributed by atoms with Crippen LogP contribution in [-0.4, -0.2) is 34.1 Å². The first kappa shape index (κ1) is 14.7. The maximum atomic E-state index is 11.7. The highest BCUT2D eigenvalue weighted by Crippen LogP contribution is 2.02. The molecule has 102 valence electrons. The molecule has 1 amide bonds. The van der Waals surface area contributed by atoms with Crippen molar-refractivity contribution < 1.29 is 24.6 Å². The van der Waals surface area contributed by atoms with Gasteiger partial charge >= 0.3 is 11.9 Å². The number of rotatable bonds is 7. The summed E-state index contributed by atoms with van der Waals surface area (Å²) in [7, 11) is 0. The van der Waals surface area contributed by atoms with E-state index >= 15 is 0 Å². The summed E-state index contributed by atoms with van der Waals surface area (Å²) < 4.78 is 0. The molecule has 0 heterocycles. The lowest BCUT2D eigenvalue weighted by Crippen LogP contribution is -2.41. The van der Waals surface area contributed by atoms with E-state index in [0.29, 0.717) is 0 Å². The largest absolute Gasteiger partial charge is 0.481 e. The summed E-state index contributed by atoms with van der Waals surface area (Å²) in [5.41, 5.74) is 0.766. The third-order valence-electron chi connectivity index (χ3n) is 2.49. The van der Waals surface area contributed by atoms with Gasteiger partial charge in [-0.15, -0.1) is 0 Å². The second kappa shape index (κ2) is 7.15. The zero-order valence-corrected chi connectivity index (χ0v) is 10.2. The van der Waals surface area contributed by atoms with Crippen LogP contribution < -0.4 is 5.32 Å². The molecule has 0 aliphatic heterocycles. The first-order valence-corrected chi connectivity index (χ1v) is 5.77. The van der Waals surface area contributed by atoms with Crippen molar-refractivity contribution in [1.82, 2.24) is 5.32 Å². The van der Waals surface area contributed by atoms with Crippen molar-refractivity contribution in [2.24, 2.45) is 0 Å². The van der Waals surface area contributed by atoms with Crippen molar-refractivity contribution in [1.29, 1.82) is 0 Å². The Kier molecular flexibility index (Phi) is 5.53. The van der Waals surface area contributed by atoms with Gasteiger partial charge in [-0.1, -0.05) is 30.3 Å². The van der Waals surface area contributed by atoms with E-state index in [4.69, 9.17) is 10.2 Å². The molecule has 0 aliphatic carbocycles. The Morgan fingerprint density at radius 2 is 1.74 bits per heavy atom. The van der Waals surface area contributed by atoms with E-state index in [1.807, 2.05) is 6.07 Å². The molecule has 0 aliphatic rings. The van der Waals surface area contributed by atoms with Crippen molar-refractivity contribution >= 4 is 17.8 Å². The molecule has 6 nitrogen and oxygen atoms in total. The first-order valence-electron chi connectivity index (χ1n) is 5.77. The molecule has 0 fully saturated rings. The molecule has 0 radical (unpaired) electrons. The Hall–Kier alpha value is -2.37. The van der Waals surface area contributed by atoms with Gasteiger partial charge in [0.15, 0.2) is 0 Å². The molecule has 1 rings (SSSR count). The van der Waals surface area contributed by atoms with Crippen LogP contribution in [0.2, 0.25) is 0 Å². The van der Waals surface area contributed by atoms with Crippen LogP contribution in [0.1, 0.15) is 18.4 Å². The Bertz CT molecular complexity index is 457. The highest BCUT2D eigenvalue weighted by atomic mass is 16.4. The molecule has 6 heteroatoms. The average Bonchev–Trinajstić information content (AvgIpc) is 2.35. The van der Waals surface area contributed by atoms with E-state index in [-0.39, 0.29) is 19.3 Å². The molecule has 19 heavy (non-hydrogen) atoms. The Morgan fingerprint density at radius 1 is 1.11 bits per heavy atom. The number of carboxylic acid groups (broad SMARTS) is 2. The number of hydrogen-bond acceptors (Lipinski definition) is 3. The fourth-order valence-corrected chi connectivity index (χ4v) is 1.55. The molecule has 0 saturated carbocycles. The topological polar surface area (TPSA) is 104 Å². The van der Waals surface area contributed by atoms with Gasteiger partial charge in [-0.25, -0.2) is 4.79 Å². The van der Waals surface area contributed by atoms with E-state index in [9.17, 15) is 14.4 Å². The zero-order valence-electron chi connectivity index (χ0n) is 10.2. The molecule has 0 spiro atoms. The first-order chi connectivity index (χ1) is 8.99. The second-order valence-corrected chi connectivity index (χ2v) is 4.05. The molecule has 1 aromatic rings. The molecule has 0 saturated heterocycles. The molecule has 1 aromatic carbocycles. The van der Waals surface area contributed by atoms with Gasteiger partial charge in [0.2, 0.25) is 5.91 Å². The minimum atomic E-state index is -1.23. The van der Waals surface area contributed by atoms with E-state index in [2.05, 4.69) is 5.32 Å². The van der Waals surface area contributed by atoms with E-state index < -0.39 is 23.9 Å². The summed E-state index contributed by atoms with van der Waals surface area (Å²) in [5.74, 6) is -2.77. The third kappa shape index (κ3) is 5.67. The smallest absolute Gasteiger partial charge is 0.326 e. The van der Waals surface area contributed by atoms with Gasteiger partial charge in [-0.05, 0) is 12.0 Å². The van der Waals surface area contributed by atoms with Gasteiger partial charge in [0.1, 0.15) is 6.04 Å². The van der Waals surface area contributed by atoms with Crippen LogP contribution in [0.25, 0.3) is 0 Å². The molecular weight excluding hydrogens is 250 g/mol. The Balaban J connectivity index is 2.52. The minimum Gasteiger partial charge on any atom is -0.481 e. The van der Waals surface area contributed by atoms with Crippen LogP contribution >= 0.6 is 0 Å². The normalized spacial score (nSPS) is 11.6. The van der Waals surface area contributed by atoms with Crippen LogP contribution in [0, 0.1) is 0 Å². The fraction of sp³-hybridized carbons (Fsp3) is 0.308. The van der Waals surface area contributed by atoms with Gasteiger partial charge in [0, 0.05) is 6.42 Å². The maximum Gasteiger partial charge on any atom is 0.326 e. The highest BCUT2D eigenvalue weighted by Gasteiger charge is 2.20. The highest BCUT2D eigenvalue weighted by molar-refractivity contribution is 5.85. The molecule has 3 N–H and O–H groups in total. The number of nitrogens with one attached hydrogen (secondary N) is 1. The number of aliphatic carboxylic acids is 2. The van der Waals surface area contributed by atoms with Gasteiger partial charge in [0.05, 0.1) is 6.42 Å². The summed E-state index contributed by atoms with van der Waals surface area (Å²) in [4.78, 5) is 32.9. The van der Waals surface area contributed by atoms with E-state index in [1.165, 1.54) is 0 Å². The quantitative estimate of drug-likeness (QED) is 0.672. The molecule has 0 aromatic heterocycles. The lowest BCUT2D eigenvalue weighted by Gasteiger charge is -2.13. The fourth-order valence-electron chi connectivity index (χ4n) is 1.55. The van der Waals surface area contributed by atoms with Gasteiger partial charge in [0.25, 0.3) is 0 Å². The second-order valence-electron chi connectivity index (χ2n) is 4.05. The van der Waals surface area contributed by atoms with Crippen molar-refractivity contribution in [3.63, 3.8) is 0 Å². The summed E-state index contributed by atoms with van der Waals surface area (Å²) in [5, 5.41) is 19.7. The lowest BCUT2D eigenvalue weighted by molar-refractivity contribution is -0.143. The zero-order chi connectivity index (χ0) is 14.3. The monoisotopic (exact) mass is 265 g/mol. The van der Waals surface area contributed by atoms with Crippen LogP contribution in [0.4, 0.5) is 0 Å². The molecule has 1 unspecified atom stereocenters. The number of carbonyl (C=O) groups is 3. The van der Waals surface area contributed by atoms with Gasteiger partial charge in [-0.3, -0.25) is 9.59 Å². The number of carbonyl (C=O) groups excluding carboxylic acids is 1. The van der Waals surface area contributed by atoms with Gasteiger partial charge in [-0.2, -0.15) is 0 Å². The average molecular weight is 265 g/mol.